The molecule has 0 aliphatic heterocycles. The van der Waals surface area contributed by atoms with Crippen molar-refractivity contribution in [2.24, 2.45) is 0 Å². The number of benzene rings is 1. The Morgan fingerprint density at radius 1 is 1.12 bits per heavy atom. The first-order valence-electron chi connectivity index (χ1n) is 6.06. The number of rotatable bonds is 7. The monoisotopic (exact) mass is 240 g/mol. The van der Waals surface area contributed by atoms with Gasteiger partial charge in [0.05, 0.1) is 12.5 Å². The summed E-state index contributed by atoms with van der Waals surface area (Å²) >= 11 is 6.34. The van der Waals surface area contributed by atoms with Gasteiger partial charge >= 0.3 is 0 Å². The van der Waals surface area contributed by atoms with E-state index in [1.54, 1.807) is 7.11 Å². The molecule has 1 aromatic rings. The molecule has 0 radical (unpaired) electrons. The Hall–Kier alpha value is -0.690. The van der Waals surface area contributed by atoms with Crippen molar-refractivity contribution in [2.75, 3.05) is 7.11 Å². The Morgan fingerprint density at radius 3 is 2.38 bits per heavy atom. The lowest BCUT2D eigenvalue weighted by Gasteiger charge is -2.10. The molecule has 0 N–H and O–H groups in total. The number of hydrogen-bond acceptors (Lipinski definition) is 1. The van der Waals surface area contributed by atoms with E-state index in [0.717, 1.165) is 12.2 Å². The standard InChI is InChI=1S/C14H21ClO/c1-3-4-5-6-7-14(15)12-8-10-13(16-2)11-9-12/h8-11,14H,3-7H2,1-2H3. The summed E-state index contributed by atoms with van der Waals surface area (Å²) in [7, 11) is 1.68. The van der Waals surface area contributed by atoms with Gasteiger partial charge in [0.2, 0.25) is 0 Å². The average Bonchev–Trinajstić information content (AvgIpc) is 2.34. The highest BCUT2D eigenvalue weighted by Crippen LogP contribution is 2.27. The van der Waals surface area contributed by atoms with E-state index >= 15 is 0 Å². The fourth-order valence-electron chi connectivity index (χ4n) is 1.73. The molecule has 0 spiro atoms. The molecule has 0 heterocycles. The van der Waals surface area contributed by atoms with E-state index < -0.39 is 0 Å². The van der Waals surface area contributed by atoms with Crippen molar-refractivity contribution in [1.29, 1.82) is 0 Å². The second-order valence-electron chi connectivity index (χ2n) is 4.09. The van der Waals surface area contributed by atoms with Gasteiger partial charge in [-0.3, -0.25) is 0 Å². The molecule has 2 heteroatoms. The number of ether oxygens (including phenoxy) is 1. The van der Waals surface area contributed by atoms with Crippen LogP contribution >= 0.6 is 11.6 Å². The zero-order valence-corrected chi connectivity index (χ0v) is 11.0. The lowest BCUT2D eigenvalue weighted by Crippen LogP contribution is -1.91. The quantitative estimate of drug-likeness (QED) is 0.484. The van der Waals surface area contributed by atoms with E-state index in [1.807, 2.05) is 12.1 Å². The minimum absolute atomic E-state index is 0.141. The molecular formula is C14H21ClO. The molecule has 1 nitrogen and oxygen atoms in total. The second-order valence-corrected chi connectivity index (χ2v) is 4.62. The maximum atomic E-state index is 6.34. The van der Waals surface area contributed by atoms with Crippen LogP contribution in [-0.4, -0.2) is 7.11 Å². The van der Waals surface area contributed by atoms with Crippen LogP contribution in [0.5, 0.6) is 5.75 Å². The lowest BCUT2D eigenvalue weighted by molar-refractivity contribution is 0.414. The molecule has 0 saturated carbocycles. The molecule has 0 aliphatic rings. The van der Waals surface area contributed by atoms with Gasteiger partial charge in [0.25, 0.3) is 0 Å². The van der Waals surface area contributed by atoms with Gasteiger partial charge in [0, 0.05) is 0 Å². The van der Waals surface area contributed by atoms with Gasteiger partial charge in [-0.25, -0.2) is 0 Å². The number of halogens is 1. The van der Waals surface area contributed by atoms with Gasteiger partial charge in [-0.2, -0.15) is 0 Å². The summed E-state index contributed by atoms with van der Waals surface area (Å²) in [6, 6.07) is 8.04. The highest BCUT2D eigenvalue weighted by atomic mass is 35.5. The molecule has 1 atom stereocenters. The summed E-state index contributed by atoms with van der Waals surface area (Å²) in [4.78, 5) is 0. The minimum Gasteiger partial charge on any atom is -0.497 e. The van der Waals surface area contributed by atoms with E-state index in [1.165, 1.54) is 31.2 Å². The molecule has 1 unspecified atom stereocenters. The average molecular weight is 241 g/mol. The molecule has 0 fully saturated rings. The minimum atomic E-state index is 0.141. The van der Waals surface area contributed by atoms with E-state index in [2.05, 4.69) is 19.1 Å². The van der Waals surface area contributed by atoms with Crippen LogP contribution < -0.4 is 4.74 Å². The van der Waals surface area contributed by atoms with Crippen LogP contribution in [0.4, 0.5) is 0 Å². The third kappa shape index (κ3) is 4.44. The fraction of sp³-hybridized carbons (Fsp3) is 0.571. The number of hydrogen-bond donors (Lipinski definition) is 0. The molecule has 0 aromatic heterocycles. The first-order chi connectivity index (χ1) is 7.77. The smallest absolute Gasteiger partial charge is 0.118 e. The van der Waals surface area contributed by atoms with Crippen LogP contribution in [0.25, 0.3) is 0 Å². The van der Waals surface area contributed by atoms with Crippen molar-refractivity contribution in [3.05, 3.63) is 29.8 Å². The first-order valence-corrected chi connectivity index (χ1v) is 6.49. The van der Waals surface area contributed by atoms with E-state index in [4.69, 9.17) is 16.3 Å². The van der Waals surface area contributed by atoms with Crippen molar-refractivity contribution in [1.82, 2.24) is 0 Å². The summed E-state index contributed by atoms with van der Waals surface area (Å²) in [5.41, 5.74) is 1.19. The second kappa shape index (κ2) is 7.56. The number of methoxy groups -OCH3 is 1. The Labute approximate surface area is 104 Å². The van der Waals surface area contributed by atoms with Crippen LogP contribution in [0.15, 0.2) is 24.3 Å². The van der Waals surface area contributed by atoms with E-state index in [0.29, 0.717) is 0 Å². The van der Waals surface area contributed by atoms with Crippen LogP contribution in [0.3, 0.4) is 0 Å². The summed E-state index contributed by atoms with van der Waals surface area (Å²) in [5.74, 6) is 0.888. The summed E-state index contributed by atoms with van der Waals surface area (Å²) < 4.78 is 5.12. The Balaban J connectivity index is 2.37. The highest BCUT2D eigenvalue weighted by Gasteiger charge is 2.07. The number of unbranched alkanes of at least 4 members (excludes halogenated alkanes) is 3. The lowest BCUT2D eigenvalue weighted by atomic mass is 10.0. The van der Waals surface area contributed by atoms with Gasteiger partial charge in [0.1, 0.15) is 5.75 Å². The van der Waals surface area contributed by atoms with Gasteiger partial charge in [-0.1, -0.05) is 44.7 Å². The summed E-state index contributed by atoms with van der Waals surface area (Å²) in [6.45, 7) is 2.22. The predicted octanol–water partition coefficient (Wildman–Crippen LogP) is 4.95. The SMILES string of the molecule is CCCCCCC(Cl)c1ccc(OC)cc1. The molecule has 0 bridgehead atoms. The topological polar surface area (TPSA) is 9.23 Å². The van der Waals surface area contributed by atoms with Gasteiger partial charge in [-0.05, 0) is 24.1 Å². The zero-order valence-electron chi connectivity index (χ0n) is 10.2. The predicted molar refractivity (Wildman–Crippen MR) is 70.3 cm³/mol. The third-order valence-electron chi connectivity index (χ3n) is 2.79. The maximum Gasteiger partial charge on any atom is 0.118 e. The van der Waals surface area contributed by atoms with Crippen LogP contribution in [0, 0.1) is 0 Å². The van der Waals surface area contributed by atoms with Crippen LogP contribution in [0.2, 0.25) is 0 Å². The fourth-order valence-corrected chi connectivity index (χ4v) is 2.03. The van der Waals surface area contributed by atoms with Crippen LogP contribution in [0.1, 0.15) is 50.0 Å². The number of alkyl halides is 1. The first kappa shape index (κ1) is 13.4. The highest BCUT2D eigenvalue weighted by molar-refractivity contribution is 6.20. The zero-order chi connectivity index (χ0) is 11.8. The molecule has 0 saturated heterocycles. The molecule has 0 aliphatic carbocycles. The molecule has 0 amide bonds. The van der Waals surface area contributed by atoms with Gasteiger partial charge in [-0.15, -0.1) is 11.6 Å². The van der Waals surface area contributed by atoms with Gasteiger partial charge < -0.3 is 4.74 Å². The third-order valence-corrected chi connectivity index (χ3v) is 3.26. The van der Waals surface area contributed by atoms with Crippen molar-refractivity contribution in [3.63, 3.8) is 0 Å². The molecule has 1 rings (SSSR count). The molecule has 16 heavy (non-hydrogen) atoms. The summed E-state index contributed by atoms with van der Waals surface area (Å²) in [5, 5.41) is 0.141. The van der Waals surface area contributed by atoms with Crippen molar-refractivity contribution < 1.29 is 4.74 Å². The van der Waals surface area contributed by atoms with Gasteiger partial charge in [0.15, 0.2) is 0 Å². The van der Waals surface area contributed by atoms with Crippen molar-refractivity contribution in [3.8, 4) is 5.75 Å². The largest absolute Gasteiger partial charge is 0.497 e. The summed E-state index contributed by atoms with van der Waals surface area (Å²) in [6.07, 6.45) is 6.15. The Bertz CT molecular complexity index is 281. The maximum absolute atomic E-state index is 6.34. The van der Waals surface area contributed by atoms with Crippen molar-refractivity contribution in [2.45, 2.75) is 44.4 Å². The van der Waals surface area contributed by atoms with E-state index in [9.17, 15) is 0 Å². The molecular weight excluding hydrogens is 220 g/mol. The van der Waals surface area contributed by atoms with Crippen LogP contribution in [-0.2, 0) is 0 Å². The molecule has 90 valence electrons. The Kier molecular flexibility index (Phi) is 6.32. The molecule has 1 aromatic carbocycles. The van der Waals surface area contributed by atoms with E-state index in [-0.39, 0.29) is 5.38 Å². The Morgan fingerprint density at radius 2 is 1.81 bits per heavy atom. The normalized spacial score (nSPS) is 12.4. The van der Waals surface area contributed by atoms with Crippen molar-refractivity contribution >= 4 is 11.6 Å².